The van der Waals surface area contributed by atoms with Gasteiger partial charge in [-0.15, -0.1) is 0 Å². The zero-order valence-corrected chi connectivity index (χ0v) is 7.19. The summed E-state index contributed by atoms with van der Waals surface area (Å²) in [6.45, 7) is 0. The summed E-state index contributed by atoms with van der Waals surface area (Å²) in [6.07, 6.45) is 2.83. The Morgan fingerprint density at radius 1 is 1.23 bits per heavy atom. The van der Waals surface area contributed by atoms with Crippen molar-refractivity contribution in [2.24, 2.45) is 5.92 Å². The number of carbonyl (C=O) groups is 2. The van der Waals surface area contributed by atoms with Gasteiger partial charge < -0.3 is 0 Å². The number of hydrogen-bond acceptors (Lipinski definition) is 2. The van der Waals surface area contributed by atoms with E-state index >= 15 is 0 Å². The second-order valence-electron chi connectivity index (χ2n) is 3.38. The molecule has 0 atom stereocenters. The van der Waals surface area contributed by atoms with E-state index in [1.54, 1.807) is 24.3 Å². The number of carbonyl (C=O) groups excluding carboxylic acids is 2. The van der Waals surface area contributed by atoms with Crippen molar-refractivity contribution < 1.29 is 9.59 Å². The minimum Gasteiger partial charge on any atom is -0.298 e. The van der Waals surface area contributed by atoms with Gasteiger partial charge in [-0.05, 0) is 12.8 Å². The topological polar surface area (TPSA) is 34.1 Å². The first kappa shape index (κ1) is 8.17. The number of benzene rings is 1. The van der Waals surface area contributed by atoms with Gasteiger partial charge in [0.2, 0.25) is 0 Å². The summed E-state index contributed by atoms with van der Waals surface area (Å²) in [5, 5.41) is 0. The molecule has 1 fully saturated rings. The van der Waals surface area contributed by atoms with Crippen LogP contribution in [0.4, 0.5) is 0 Å². The molecule has 0 unspecified atom stereocenters. The van der Waals surface area contributed by atoms with Crippen molar-refractivity contribution in [3.05, 3.63) is 35.4 Å². The highest BCUT2D eigenvalue weighted by atomic mass is 16.1. The molecule has 2 nitrogen and oxygen atoms in total. The Morgan fingerprint density at radius 3 is 2.31 bits per heavy atom. The molecule has 0 bridgehead atoms. The number of hydrogen-bond donors (Lipinski definition) is 0. The number of ketones is 1. The van der Waals surface area contributed by atoms with E-state index in [0.717, 1.165) is 24.7 Å². The molecule has 1 aliphatic carbocycles. The van der Waals surface area contributed by atoms with Crippen LogP contribution in [-0.2, 0) is 0 Å². The fourth-order valence-corrected chi connectivity index (χ4v) is 1.31. The lowest BCUT2D eigenvalue weighted by Crippen LogP contribution is -2.00. The van der Waals surface area contributed by atoms with E-state index in [9.17, 15) is 9.59 Å². The van der Waals surface area contributed by atoms with Crippen molar-refractivity contribution in [1.82, 2.24) is 0 Å². The van der Waals surface area contributed by atoms with Crippen LogP contribution >= 0.6 is 0 Å². The van der Waals surface area contributed by atoms with E-state index in [2.05, 4.69) is 0 Å². The van der Waals surface area contributed by atoms with Crippen LogP contribution in [0.2, 0.25) is 0 Å². The van der Waals surface area contributed by atoms with Crippen LogP contribution in [0, 0.1) is 5.92 Å². The molecular weight excluding hydrogens is 164 g/mol. The smallest absolute Gasteiger partial charge is 0.165 e. The van der Waals surface area contributed by atoms with E-state index in [-0.39, 0.29) is 11.7 Å². The van der Waals surface area contributed by atoms with Crippen LogP contribution in [0.1, 0.15) is 33.6 Å². The Labute approximate surface area is 76.6 Å². The van der Waals surface area contributed by atoms with Gasteiger partial charge in [0.25, 0.3) is 0 Å². The zero-order chi connectivity index (χ0) is 9.26. The van der Waals surface area contributed by atoms with Gasteiger partial charge in [0.15, 0.2) is 5.78 Å². The van der Waals surface area contributed by atoms with Crippen molar-refractivity contribution >= 4 is 12.1 Å². The van der Waals surface area contributed by atoms with Crippen LogP contribution in [0.3, 0.4) is 0 Å². The average molecular weight is 174 g/mol. The molecule has 1 aromatic rings. The van der Waals surface area contributed by atoms with Crippen LogP contribution in [0.5, 0.6) is 0 Å². The zero-order valence-electron chi connectivity index (χ0n) is 7.19. The van der Waals surface area contributed by atoms with E-state index in [4.69, 9.17) is 0 Å². The third-order valence-corrected chi connectivity index (χ3v) is 2.28. The summed E-state index contributed by atoms with van der Waals surface area (Å²) in [5.41, 5.74) is 1.35. The fourth-order valence-electron chi connectivity index (χ4n) is 1.31. The Balaban J connectivity index is 2.21. The molecule has 0 heterocycles. The van der Waals surface area contributed by atoms with Gasteiger partial charge in [0.1, 0.15) is 6.29 Å². The van der Waals surface area contributed by atoms with Gasteiger partial charge in [0.05, 0.1) is 0 Å². The van der Waals surface area contributed by atoms with Crippen LogP contribution in [-0.4, -0.2) is 12.1 Å². The molecule has 1 aliphatic rings. The third-order valence-electron chi connectivity index (χ3n) is 2.28. The minimum absolute atomic E-state index is 0.220. The maximum Gasteiger partial charge on any atom is 0.165 e. The maximum atomic E-state index is 11.5. The monoisotopic (exact) mass is 174 g/mol. The Hall–Kier alpha value is -1.44. The van der Waals surface area contributed by atoms with Crippen LogP contribution < -0.4 is 0 Å². The Kier molecular flexibility index (Phi) is 1.97. The predicted octanol–water partition coefficient (Wildman–Crippen LogP) is 2.09. The van der Waals surface area contributed by atoms with E-state index in [1.807, 2.05) is 0 Å². The van der Waals surface area contributed by atoms with Crippen molar-refractivity contribution in [3.63, 3.8) is 0 Å². The molecule has 0 saturated heterocycles. The lowest BCUT2D eigenvalue weighted by molar-refractivity contribution is 0.0967. The summed E-state index contributed by atoms with van der Waals surface area (Å²) < 4.78 is 0. The van der Waals surface area contributed by atoms with E-state index in [0.29, 0.717) is 5.56 Å². The second kappa shape index (κ2) is 3.13. The molecule has 0 aliphatic heterocycles. The highest BCUT2D eigenvalue weighted by molar-refractivity contribution is 5.99. The standard InChI is InChI=1S/C11H10O2/c12-7-8-1-3-9(4-2-8)11(13)10-5-6-10/h1-4,7,10H,5-6H2. The van der Waals surface area contributed by atoms with Gasteiger partial charge in [-0.1, -0.05) is 24.3 Å². The summed E-state index contributed by atoms with van der Waals surface area (Å²) in [5.74, 6) is 0.472. The van der Waals surface area contributed by atoms with Crippen molar-refractivity contribution in [3.8, 4) is 0 Å². The summed E-state index contributed by atoms with van der Waals surface area (Å²) in [7, 11) is 0. The lowest BCUT2D eigenvalue weighted by Gasteiger charge is -1.97. The van der Waals surface area contributed by atoms with Crippen LogP contribution in [0.25, 0.3) is 0 Å². The molecule has 2 heteroatoms. The van der Waals surface area contributed by atoms with Gasteiger partial charge in [-0.3, -0.25) is 9.59 Å². The van der Waals surface area contributed by atoms with E-state index in [1.165, 1.54) is 0 Å². The Morgan fingerprint density at radius 2 is 1.85 bits per heavy atom. The molecule has 0 radical (unpaired) electrons. The molecule has 2 rings (SSSR count). The molecule has 0 aromatic heterocycles. The first-order chi connectivity index (χ1) is 6.31. The number of Topliss-reactive ketones (excluding diaryl/α,β-unsaturated/α-hetero) is 1. The largest absolute Gasteiger partial charge is 0.298 e. The average Bonchev–Trinajstić information content (AvgIpc) is 3.00. The van der Waals surface area contributed by atoms with Crippen molar-refractivity contribution in [2.45, 2.75) is 12.8 Å². The molecule has 13 heavy (non-hydrogen) atoms. The molecule has 0 N–H and O–H groups in total. The summed E-state index contributed by atoms with van der Waals surface area (Å²) >= 11 is 0. The second-order valence-corrected chi connectivity index (χ2v) is 3.38. The number of aldehydes is 1. The van der Waals surface area contributed by atoms with Crippen LogP contribution in [0.15, 0.2) is 24.3 Å². The van der Waals surface area contributed by atoms with Gasteiger partial charge in [-0.2, -0.15) is 0 Å². The minimum atomic E-state index is 0.220. The predicted molar refractivity (Wildman–Crippen MR) is 48.9 cm³/mol. The lowest BCUT2D eigenvalue weighted by atomic mass is 10.1. The molecule has 66 valence electrons. The van der Waals surface area contributed by atoms with Gasteiger partial charge in [-0.25, -0.2) is 0 Å². The first-order valence-corrected chi connectivity index (χ1v) is 4.41. The van der Waals surface area contributed by atoms with Gasteiger partial charge >= 0.3 is 0 Å². The summed E-state index contributed by atoms with van der Waals surface area (Å²) in [4.78, 5) is 21.9. The molecule has 1 saturated carbocycles. The first-order valence-electron chi connectivity index (χ1n) is 4.41. The van der Waals surface area contributed by atoms with E-state index < -0.39 is 0 Å². The maximum absolute atomic E-state index is 11.5. The molecule has 0 amide bonds. The highest BCUT2D eigenvalue weighted by Gasteiger charge is 2.30. The number of rotatable bonds is 3. The third kappa shape index (κ3) is 1.66. The van der Waals surface area contributed by atoms with Crippen molar-refractivity contribution in [2.75, 3.05) is 0 Å². The highest BCUT2D eigenvalue weighted by Crippen LogP contribution is 2.32. The normalized spacial score (nSPS) is 15.4. The van der Waals surface area contributed by atoms with Crippen molar-refractivity contribution in [1.29, 1.82) is 0 Å². The Bertz CT molecular complexity index is 334. The quantitative estimate of drug-likeness (QED) is 0.519. The van der Waals surface area contributed by atoms with Gasteiger partial charge in [0, 0.05) is 17.0 Å². The molecule has 1 aromatic carbocycles. The summed E-state index contributed by atoms with van der Waals surface area (Å²) in [6, 6.07) is 6.82. The SMILES string of the molecule is O=Cc1ccc(C(=O)C2CC2)cc1. The molecule has 0 spiro atoms. The fraction of sp³-hybridized carbons (Fsp3) is 0.273. The molecular formula is C11H10O2.